The number of aryl methyl sites for hydroxylation is 1. The fourth-order valence-corrected chi connectivity index (χ4v) is 2.36. The van der Waals surface area contributed by atoms with Crippen molar-refractivity contribution in [3.63, 3.8) is 0 Å². The molecule has 1 amide bonds. The second kappa shape index (κ2) is 7.98. The largest absolute Gasteiger partial charge is 0.481 e. The molecule has 122 valence electrons. The molecule has 1 heterocycles. The molecule has 1 fully saturated rings. The predicted molar refractivity (Wildman–Crippen MR) is 84.1 cm³/mol. The van der Waals surface area contributed by atoms with Gasteiger partial charge in [-0.1, -0.05) is 0 Å². The fraction of sp³-hybridized carbons (Fsp3) is 0.625. The molecule has 6 heteroatoms. The molecule has 0 aliphatic heterocycles. The van der Waals surface area contributed by atoms with Gasteiger partial charge >= 0.3 is 6.09 Å². The highest BCUT2D eigenvalue weighted by molar-refractivity contribution is 5.66. The zero-order valence-corrected chi connectivity index (χ0v) is 13.5. The van der Waals surface area contributed by atoms with E-state index in [4.69, 9.17) is 4.74 Å². The summed E-state index contributed by atoms with van der Waals surface area (Å²) in [5, 5.41) is 6.25. The van der Waals surface area contributed by atoms with Crippen LogP contribution in [0.3, 0.4) is 0 Å². The van der Waals surface area contributed by atoms with Crippen LogP contribution in [0.1, 0.15) is 43.4 Å². The number of amides is 1. The highest BCUT2D eigenvalue weighted by atomic mass is 16.5. The Labute approximate surface area is 131 Å². The number of nitrogens with one attached hydrogen (secondary N) is 2. The first-order valence-corrected chi connectivity index (χ1v) is 7.74. The number of hydrogen-bond acceptors (Lipinski definition) is 5. The van der Waals surface area contributed by atoms with Gasteiger partial charge in [0.1, 0.15) is 0 Å². The summed E-state index contributed by atoms with van der Waals surface area (Å²) in [6.07, 6.45) is 5.60. The van der Waals surface area contributed by atoms with Gasteiger partial charge in [0.2, 0.25) is 5.88 Å². The van der Waals surface area contributed by atoms with Gasteiger partial charge in [-0.15, -0.1) is 0 Å². The number of carbonyl (C=O) groups excluding carboxylic acids is 1. The average molecular weight is 307 g/mol. The van der Waals surface area contributed by atoms with E-state index < -0.39 is 6.09 Å². The summed E-state index contributed by atoms with van der Waals surface area (Å²) in [6.45, 7) is 2.72. The van der Waals surface area contributed by atoms with Crippen LogP contribution in [0.15, 0.2) is 12.3 Å². The minimum atomic E-state index is -0.402. The number of carbonyl (C=O) groups is 1. The van der Waals surface area contributed by atoms with Gasteiger partial charge in [0.05, 0.1) is 14.2 Å². The van der Waals surface area contributed by atoms with Gasteiger partial charge in [0, 0.05) is 30.4 Å². The molecule has 0 saturated heterocycles. The molecule has 22 heavy (non-hydrogen) atoms. The van der Waals surface area contributed by atoms with Crippen molar-refractivity contribution in [3.8, 4) is 5.88 Å². The highest BCUT2D eigenvalue weighted by Crippen LogP contribution is 2.26. The predicted octanol–water partition coefficient (Wildman–Crippen LogP) is 2.19. The van der Waals surface area contributed by atoms with Gasteiger partial charge in [0.15, 0.2) is 0 Å². The molecule has 0 unspecified atom stereocenters. The van der Waals surface area contributed by atoms with Crippen LogP contribution in [0.4, 0.5) is 4.79 Å². The molecule has 1 saturated carbocycles. The number of rotatable bonds is 8. The average Bonchev–Trinajstić information content (AvgIpc) is 3.34. The van der Waals surface area contributed by atoms with Crippen LogP contribution in [0, 0.1) is 0 Å². The van der Waals surface area contributed by atoms with E-state index in [2.05, 4.69) is 33.3 Å². The first-order valence-electron chi connectivity index (χ1n) is 7.74. The molecule has 1 aliphatic carbocycles. The molecule has 1 aromatic heterocycles. The van der Waals surface area contributed by atoms with Crippen LogP contribution in [0.5, 0.6) is 5.88 Å². The number of pyridine rings is 1. The van der Waals surface area contributed by atoms with Crippen molar-refractivity contribution in [2.24, 2.45) is 0 Å². The van der Waals surface area contributed by atoms with Gasteiger partial charge in [-0.05, 0) is 44.2 Å². The van der Waals surface area contributed by atoms with Crippen LogP contribution in [0.25, 0.3) is 0 Å². The molecule has 1 atom stereocenters. The maximum atomic E-state index is 11.0. The summed E-state index contributed by atoms with van der Waals surface area (Å²) < 4.78 is 9.87. The van der Waals surface area contributed by atoms with Crippen LogP contribution < -0.4 is 15.4 Å². The van der Waals surface area contributed by atoms with E-state index in [-0.39, 0.29) is 6.04 Å². The molecule has 6 nitrogen and oxygen atoms in total. The highest BCUT2D eigenvalue weighted by Gasteiger charge is 2.23. The number of hydrogen-bond donors (Lipinski definition) is 2. The van der Waals surface area contributed by atoms with E-state index in [0.29, 0.717) is 18.5 Å². The lowest BCUT2D eigenvalue weighted by Crippen LogP contribution is -2.24. The van der Waals surface area contributed by atoms with Crippen LogP contribution in [-0.4, -0.2) is 37.9 Å². The van der Waals surface area contributed by atoms with E-state index >= 15 is 0 Å². The molecule has 1 aromatic rings. The minimum Gasteiger partial charge on any atom is -0.481 e. The second-order valence-electron chi connectivity index (χ2n) is 5.62. The molecule has 2 rings (SSSR count). The standard InChI is InChI=1S/C16H25N3O3/c1-11(19-14-6-7-14)13-9-12(15(21-2)18-10-13)5-4-8-17-16(20)22-3/h9-11,14,19H,4-8H2,1-3H3,(H,17,20)/t11-/m1/s1. The van der Waals surface area contributed by atoms with Crippen molar-refractivity contribution < 1.29 is 14.3 Å². The monoisotopic (exact) mass is 307 g/mol. The Morgan fingerprint density at radius 3 is 2.86 bits per heavy atom. The third-order valence-electron chi connectivity index (χ3n) is 3.78. The Kier molecular flexibility index (Phi) is 6.00. The van der Waals surface area contributed by atoms with Crippen LogP contribution >= 0.6 is 0 Å². The van der Waals surface area contributed by atoms with Crippen LogP contribution in [-0.2, 0) is 11.2 Å². The topological polar surface area (TPSA) is 72.5 Å². The lowest BCUT2D eigenvalue weighted by molar-refractivity contribution is 0.171. The van der Waals surface area contributed by atoms with Crippen LogP contribution in [0.2, 0.25) is 0 Å². The third kappa shape index (κ3) is 4.87. The Bertz CT molecular complexity index is 503. The zero-order valence-electron chi connectivity index (χ0n) is 13.5. The smallest absolute Gasteiger partial charge is 0.406 e. The maximum absolute atomic E-state index is 11.0. The van der Waals surface area contributed by atoms with Gasteiger partial charge in [-0.2, -0.15) is 0 Å². The Hall–Kier alpha value is -1.82. The Balaban J connectivity index is 1.93. The SMILES string of the molecule is COC(=O)NCCCc1cc([C@@H](C)NC2CC2)cnc1OC. The number of alkyl carbamates (subject to hydrolysis) is 1. The molecular weight excluding hydrogens is 282 g/mol. The van der Waals surface area contributed by atoms with Crippen molar-refractivity contribution in [1.29, 1.82) is 0 Å². The quantitative estimate of drug-likeness (QED) is 0.720. The zero-order chi connectivity index (χ0) is 15.9. The fourth-order valence-electron chi connectivity index (χ4n) is 2.36. The molecule has 0 radical (unpaired) electrons. The maximum Gasteiger partial charge on any atom is 0.406 e. The molecule has 1 aliphatic rings. The molecular formula is C16H25N3O3. The Morgan fingerprint density at radius 2 is 2.23 bits per heavy atom. The first-order chi connectivity index (χ1) is 10.6. The van der Waals surface area contributed by atoms with E-state index in [0.717, 1.165) is 18.4 Å². The van der Waals surface area contributed by atoms with Gasteiger partial charge in [-0.3, -0.25) is 0 Å². The minimum absolute atomic E-state index is 0.290. The molecule has 0 bridgehead atoms. The summed E-state index contributed by atoms with van der Waals surface area (Å²) >= 11 is 0. The second-order valence-corrected chi connectivity index (χ2v) is 5.62. The van der Waals surface area contributed by atoms with Crippen molar-refractivity contribution in [3.05, 3.63) is 23.4 Å². The van der Waals surface area contributed by atoms with Crippen molar-refractivity contribution in [2.45, 2.75) is 44.7 Å². The number of methoxy groups -OCH3 is 2. The summed E-state index contributed by atoms with van der Waals surface area (Å²) in [5.74, 6) is 0.653. The Morgan fingerprint density at radius 1 is 1.45 bits per heavy atom. The number of ether oxygens (including phenoxy) is 2. The van der Waals surface area contributed by atoms with E-state index in [1.165, 1.54) is 25.5 Å². The lowest BCUT2D eigenvalue weighted by Gasteiger charge is -2.16. The van der Waals surface area contributed by atoms with Gasteiger partial charge in [-0.25, -0.2) is 9.78 Å². The van der Waals surface area contributed by atoms with E-state index in [1.807, 2.05) is 6.20 Å². The summed E-state index contributed by atoms with van der Waals surface area (Å²) in [7, 11) is 2.99. The summed E-state index contributed by atoms with van der Waals surface area (Å²) in [5.41, 5.74) is 2.24. The van der Waals surface area contributed by atoms with Crippen molar-refractivity contribution in [1.82, 2.24) is 15.6 Å². The molecule has 0 spiro atoms. The summed E-state index contributed by atoms with van der Waals surface area (Å²) in [6, 6.07) is 3.09. The van der Waals surface area contributed by atoms with Gasteiger partial charge < -0.3 is 20.1 Å². The third-order valence-corrected chi connectivity index (χ3v) is 3.78. The first kappa shape index (κ1) is 16.5. The van der Waals surface area contributed by atoms with E-state index in [1.54, 1.807) is 7.11 Å². The van der Waals surface area contributed by atoms with E-state index in [9.17, 15) is 4.79 Å². The number of aromatic nitrogens is 1. The summed E-state index contributed by atoms with van der Waals surface area (Å²) in [4.78, 5) is 15.4. The van der Waals surface area contributed by atoms with Crippen molar-refractivity contribution in [2.75, 3.05) is 20.8 Å². The number of nitrogens with zero attached hydrogens (tertiary/aromatic N) is 1. The van der Waals surface area contributed by atoms with Crippen molar-refractivity contribution >= 4 is 6.09 Å². The van der Waals surface area contributed by atoms with Gasteiger partial charge in [0.25, 0.3) is 0 Å². The lowest BCUT2D eigenvalue weighted by atomic mass is 10.1. The normalized spacial score (nSPS) is 15.2. The molecule has 2 N–H and O–H groups in total. The molecule has 0 aromatic carbocycles.